The van der Waals surface area contributed by atoms with E-state index in [1.165, 1.54) is 35.5 Å². The summed E-state index contributed by atoms with van der Waals surface area (Å²) in [4.78, 5) is 12.7. The monoisotopic (exact) mass is 422 g/mol. The van der Waals surface area contributed by atoms with E-state index >= 15 is 0 Å². The summed E-state index contributed by atoms with van der Waals surface area (Å²) in [5, 5.41) is 5.12. The number of amides is 1. The molecule has 1 aliphatic heterocycles. The van der Waals surface area contributed by atoms with E-state index in [4.69, 9.17) is 16.3 Å². The summed E-state index contributed by atoms with van der Waals surface area (Å²) in [5.41, 5.74) is 0.602. The zero-order chi connectivity index (χ0) is 21.0. The largest absolute Gasteiger partial charge is 0.492 e. The molecule has 0 N–H and O–H groups in total. The molecule has 0 bridgehead atoms. The minimum Gasteiger partial charge on any atom is -0.492 e. The second-order valence-corrected chi connectivity index (χ2v) is 6.89. The third-order valence-electron chi connectivity index (χ3n) is 4.41. The van der Waals surface area contributed by atoms with Crippen LogP contribution in [0.3, 0.4) is 0 Å². The summed E-state index contributed by atoms with van der Waals surface area (Å²) in [6.07, 6.45) is 2.62. The van der Waals surface area contributed by atoms with Gasteiger partial charge in [-0.3, -0.25) is 4.79 Å². The molecule has 4 nitrogen and oxygen atoms in total. The molecule has 2 aromatic rings. The van der Waals surface area contributed by atoms with Gasteiger partial charge in [0.15, 0.2) is 0 Å². The average Bonchev–Trinajstić information content (AvgIpc) is 3.16. The number of hydrazone groups is 1. The molecule has 1 heterocycles. The minimum atomic E-state index is -0.716. The van der Waals surface area contributed by atoms with Gasteiger partial charge in [-0.2, -0.15) is 5.10 Å². The van der Waals surface area contributed by atoms with Gasteiger partial charge >= 0.3 is 0 Å². The number of nitrogens with zero attached hydrogens (tertiary/aromatic N) is 2. The lowest BCUT2D eigenvalue weighted by Crippen LogP contribution is -2.28. The lowest BCUT2D eigenvalue weighted by Gasteiger charge is -2.23. The number of ether oxygens (including phenoxy) is 1. The fourth-order valence-corrected chi connectivity index (χ4v) is 3.17. The van der Waals surface area contributed by atoms with Gasteiger partial charge in [-0.1, -0.05) is 24.2 Å². The number of rotatable bonds is 7. The molecule has 0 saturated carbocycles. The maximum Gasteiger partial charge on any atom is 0.269 e. The molecule has 0 spiro atoms. The highest BCUT2D eigenvalue weighted by molar-refractivity contribution is 6.32. The fourth-order valence-electron chi connectivity index (χ4n) is 2.99. The number of carbonyl (C=O) groups excluding carboxylic acids is 1. The van der Waals surface area contributed by atoms with Crippen molar-refractivity contribution in [1.29, 1.82) is 0 Å². The van der Waals surface area contributed by atoms with Crippen LogP contribution in [0.1, 0.15) is 30.9 Å². The van der Waals surface area contributed by atoms with Gasteiger partial charge in [-0.05, 0) is 42.7 Å². The van der Waals surface area contributed by atoms with E-state index in [9.17, 15) is 18.0 Å². The predicted molar refractivity (Wildman–Crippen MR) is 104 cm³/mol. The summed E-state index contributed by atoms with van der Waals surface area (Å²) >= 11 is 5.82. The van der Waals surface area contributed by atoms with Crippen LogP contribution < -0.4 is 4.74 Å². The number of hydrogen-bond acceptors (Lipinski definition) is 3. The molecular formula is C21H18ClF3N2O2. The lowest BCUT2D eigenvalue weighted by molar-refractivity contribution is -0.129. The normalized spacial score (nSPS) is 15.6. The van der Waals surface area contributed by atoms with Crippen LogP contribution in [0.4, 0.5) is 13.2 Å². The first-order valence-electron chi connectivity index (χ1n) is 8.93. The summed E-state index contributed by atoms with van der Waals surface area (Å²) in [7, 11) is 0. The van der Waals surface area contributed by atoms with Gasteiger partial charge in [-0.15, -0.1) is 0 Å². The van der Waals surface area contributed by atoms with Gasteiger partial charge in [0.25, 0.3) is 5.91 Å². The van der Waals surface area contributed by atoms with Crippen LogP contribution in [0.25, 0.3) is 0 Å². The summed E-state index contributed by atoms with van der Waals surface area (Å²) in [6, 6.07) is 6.81. The van der Waals surface area contributed by atoms with Gasteiger partial charge < -0.3 is 4.74 Å². The molecule has 1 aliphatic rings. The Kier molecular flexibility index (Phi) is 6.59. The third kappa shape index (κ3) is 4.98. The molecule has 1 amide bonds. The van der Waals surface area contributed by atoms with E-state index in [2.05, 4.69) is 11.7 Å². The molecule has 0 aromatic heterocycles. The number of halogens is 4. The Morgan fingerprint density at radius 3 is 2.69 bits per heavy atom. The Hall–Kier alpha value is -2.80. The lowest BCUT2D eigenvalue weighted by atomic mass is 10.0. The molecule has 0 aliphatic carbocycles. The second-order valence-electron chi connectivity index (χ2n) is 6.51. The van der Waals surface area contributed by atoms with E-state index < -0.39 is 29.4 Å². The molecule has 152 valence electrons. The van der Waals surface area contributed by atoms with Crippen molar-refractivity contribution >= 4 is 23.7 Å². The molecule has 0 radical (unpaired) electrons. The van der Waals surface area contributed by atoms with Crippen molar-refractivity contribution in [2.45, 2.75) is 25.3 Å². The Morgan fingerprint density at radius 2 is 1.97 bits per heavy atom. The van der Waals surface area contributed by atoms with Crippen molar-refractivity contribution in [3.05, 3.63) is 76.6 Å². The Balaban J connectivity index is 1.56. The molecule has 0 fully saturated rings. The number of benzene rings is 2. The standard InChI is InChI=1S/C21H18ClF3N2O2/c1-13(4-3-9-29-19-6-2-5-17(25)20(19)22)21(28)27-18(7-8-26-27)14-10-15(23)12-16(24)11-14/h2,5-6,8,10-12,18H,1,3-4,7,9H2. The molecular weight excluding hydrogens is 405 g/mol. The number of hydrogen-bond donors (Lipinski definition) is 0. The van der Waals surface area contributed by atoms with Crippen molar-refractivity contribution in [3.63, 3.8) is 0 Å². The van der Waals surface area contributed by atoms with E-state index in [-0.39, 0.29) is 23.0 Å². The SMILES string of the molecule is C=C(CCCOc1cccc(F)c1Cl)C(=O)N1N=CCC1c1cc(F)cc(F)c1. The van der Waals surface area contributed by atoms with Gasteiger partial charge in [0.05, 0.1) is 12.6 Å². The first kappa shape index (κ1) is 20.9. The van der Waals surface area contributed by atoms with E-state index in [1.807, 2.05) is 0 Å². The van der Waals surface area contributed by atoms with Crippen LogP contribution in [0.15, 0.2) is 53.7 Å². The summed E-state index contributed by atoms with van der Waals surface area (Å²) in [6.45, 7) is 3.99. The van der Waals surface area contributed by atoms with Crippen LogP contribution in [0.5, 0.6) is 5.75 Å². The van der Waals surface area contributed by atoms with Gasteiger partial charge in [0.1, 0.15) is 28.2 Å². The van der Waals surface area contributed by atoms with Crippen LogP contribution in [-0.2, 0) is 4.79 Å². The molecule has 1 atom stereocenters. The fraction of sp³-hybridized carbons (Fsp3) is 0.238. The minimum absolute atomic E-state index is 0.0982. The van der Waals surface area contributed by atoms with Crippen molar-refractivity contribution in [1.82, 2.24) is 5.01 Å². The van der Waals surface area contributed by atoms with Gasteiger partial charge in [0.2, 0.25) is 0 Å². The van der Waals surface area contributed by atoms with Crippen molar-refractivity contribution < 1.29 is 22.7 Å². The Bertz CT molecular complexity index is 945. The average molecular weight is 423 g/mol. The van der Waals surface area contributed by atoms with Gasteiger partial charge in [-0.25, -0.2) is 18.2 Å². The number of carbonyl (C=O) groups is 1. The van der Waals surface area contributed by atoms with Crippen LogP contribution >= 0.6 is 11.6 Å². The third-order valence-corrected chi connectivity index (χ3v) is 4.77. The first-order chi connectivity index (χ1) is 13.9. The van der Waals surface area contributed by atoms with Crippen LogP contribution in [0.2, 0.25) is 5.02 Å². The quantitative estimate of drug-likeness (QED) is 0.441. The molecule has 8 heteroatoms. The molecule has 3 rings (SSSR count). The topological polar surface area (TPSA) is 41.9 Å². The Morgan fingerprint density at radius 1 is 1.24 bits per heavy atom. The Labute approximate surface area is 171 Å². The van der Waals surface area contributed by atoms with E-state index in [1.54, 1.807) is 6.07 Å². The highest BCUT2D eigenvalue weighted by Gasteiger charge is 2.30. The van der Waals surface area contributed by atoms with Crippen molar-refractivity contribution in [3.8, 4) is 5.75 Å². The van der Waals surface area contributed by atoms with Crippen molar-refractivity contribution in [2.24, 2.45) is 5.10 Å². The smallest absolute Gasteiger partial charge is 0.269 e. The highest BCUT2D eigenvalue weighted by atomic mass is 35.5. The molecule has 0 saturated heterocycles. The zero-order valence-electron chi connectivity index (χ0n) is 15.4. The van der Waals surface area contributed by atoms with E-state index in [0.29, 0.717) is 24.8 Å². The second kappa shape index (κ2) is 9.13. The van der Waals surface area contributed by atoms with Crippen molar-refractivity contribution in [2.75, 3.05) is 6.61 Å². The molecule has 29 heavy (non-hydrogen) atoms. The molecule has 1 unspecified atom stereocenters. The van der Waals surface area contributed by atoms with Crippen LogP contribution in [-0.4, -0.2) is 23.7 Å². The summed E-state index contributed by atoms with van der Waals surface area (Å²) in [5.74, 6) is -2.22. The molecule has 2 aromatic carbocycles. The zero-order valence-corrected chi connectivity index (χ0v) is 16.1. The van der Waals surface area contributed by atoms with E-state index in [0.717, 1.165) is 6.07 Å². The highest BCUT2D eigenvalue weighted by Crippen LogP contribution is 2.31. The predicted octanol–water partition coefficient (Wildman–Crippen LogP) is 5.43. The van der Waals surface area contributed by atoms with Gasteiger partial charge in [0, 0.05) is 24.3 Å². The first-order valence-corrected chi connectivity index (χ1v) is 9.31. The maximum atomic E-state index is 13.5. The summed E-state index contributed by atoms with van der Waals surface area (Å²) < 4.78 is 45.9. The van der Waals surface area contributed by atoms with Crippen LogP contribution in [0, 0.1) is 17.5 Å². The maximum absolute atomic E-state index is 13.5.